The zero-order valence-electron chi connectivity index (χ0n) is 24.3. The Kier molecular flexibility index (Phi) is 14.1. The van der Waals surface area contributed by atoms with Gasteiger partial charge in [0.2, 0.25) is 0 Å². The maximum Gasteiger partial charge on any atom is 0.647 e. The Morgan fingerprint density at radius 3 is 0.872 bits per heavy atom. The Bertz CT molecular complexity index is 1590. The summed E-state index contributed by atoms with van der Waals surface area (Å²) in [5.74, 6) is -10.5. The van der Waals surface area contributed by atoms with Crippen LogP contribution in [0.15, 0.2) is 88.1 Å². The van der Waals surface area contributed by atoms with Gasteiger partial charge in [-0.25, -0.2) is 14.3 Å². The van der Waals surface area contributed by atoms with Gasteiger partial charge in [-0.15, -0.1) is 0 Å². The summed E-state index contributed by atoms with van der Waals surface area (Å²) in [6.07, 6.45) is 4.07. The van der Waals surface area contributed by atoms with Crippen LogP contribution in [0.25, 0.3) is 0 Å². The molecule has 0 aliphatic rings. The third kappa shape index (κ3) is 13.5. The fourth-order valence-corrected chi connectivity index (χ4v) is 5.39. The third-order valence-electron chi connectivity index (χ3n) is 5.42. The largest absolute Gasteiger partial charge is 0.647 e. The van der Waals surface area contributed by atoms with Crippen LogP contribution < -0.4 is 13.6 Å². The Labute approximate surface area is 299 Å². The summed E-state index contributed by atoms with van der Waals surface area (Å²) in [5.41, 5.74) is 1.65. The van der Waals surface area contributed by atoms with Crippen molar-refractivity contribution in [2.45, 2.75) is 0 Å². The number of rotatable bonds is 15. The summed E-state index contributed by atoms with van der Waals surface area (Å²) in [6.45, 7) is 0. The van der Waals surface area contributed by atoms with Gasteiger partial charge < -0.3 is 13.6 Å². The molecule has 0 amide bonds. The maximum atomic E-state index is 14.0. The van der Waals surface area contributed by atoms with Gasteiger partial charge in [-0.05, 0) is 157 Å². The first-order valence-electron chi connectivity index (χ1n) is 12.6. The standard InChI is InChI=1S/C24H24Cl6N6O7P4/c1-34(44(25,26)37)31-16-19-4-10-22(11-5-19)41-47(40,42-23-12-6-20(7-13-23)17-32-35(2)45(27,28)38)43-24-14-8-21(9-15-24)18-33-36(3)46(29,30)39/h4-18H,1-3H3/b31-16+,32-17+,33-18+. The van der Waals surface area contributed by atoms with E-state index in [0.717, 1.165) is 14.3 Å². The van der Waals surface area contributed by atoms with Crippen LogP contribution in [-0.4, -0.2) is 54.1 Å². The summed E-state index contributed by atoms with van der Waals surface area (Å²) in [6, 6.07) is 18.3. The van der Waals surface area contributed by atoms with Crippen LogP contribution >= 0.6 is 93.3 Å². The van der Waals surface area contributed by atoms with Crippen LogP contribution in [-0.2, 0) is 18.3 Å². The molecule has 0 aliphatic heterocycles. The van der Waals surface area contributed by atoms with E-state index in [2.05, 4.69) is 15.3 Å². The first-order chi connectivity index (χ1) is 21.7. The normalized spacial score (nSPS) is 12.9. The minimum Gasteiger partial charge on any atom is -0.386 e. The average molecular weight is 845 g/mol. The molecule has 0 aromatic heterocycles. The van der Waals surface area contributed by atoms with Gasteiger partial charge in [-0.3, -0.25) is 13.7 Å². The zero-order chi connectivity index (χ0) is 35.0. The molecule has 0 radical (unpaired) electrons. The molecule has 0 saturated heterocycles. The van der Waals surface area contributed by atoms with Crippen LogP contribution in [0.1, 0.15) is 16.7 Å². The Morgan fingerprint density at radius 2 is 0.681 bits per heavy atom. The average Bonchev–Trinajstić information content (AvgIpc) is 2.98. The van der Waals surface area contributed by atoms with Crippen LogP contribution in [0, 0.1) is 0 Å². The molecule has 0 saturated carbocycles. The van der Waals surface area contributed by atoms with Crippen molar-refractivity contribution < 1.29 is 31.8 Å². The second-order valence-electron chi connectivity index (χ2n) is 8.93. The quantitative estimate of drug-likeness (QED) is 0.0824. The molecule has 3 rings (SSSR count). The zero-order valence-corrected chi connectivity index (χ0v) is 32.4. The monoisotopic (exact) mass is 842 g/mol. The van der Waals surface area contributed by atoms with Crippen molar-refractivity contribution in [3.63, 3.8) is 0 Å². The van der Waals surface area contributed by atoms with Crippen molar-refractivity contribution in [1.29, 1.82) is 0 Å². The maximum absolute atomic E-state index is 14.0. The van der Waals surface area contributed by atoms with E-state index in [0.29, 0.717) is 16.7 Å². The molecule has 0 spiro atoms. The number of halogens is 6. The molecule has 0 unspecified atom stereocenters. The smallest absolute Gasteiger partial charge is 0.386 e. The molecule has 23 heteroatoms. The summed E-state index contributed by atoms with van der Waals surface area (Å²) in [5, 5.41) is 11.8. The lowest BCUT2D eigenvalue weighted by molar-refractivity contribution is 0.298. The van der Waals surface area contributed by atoms with Gasteiger partial charge in [0.05, 0.1) is 18.6 Å². The predicted molar refractivity (Wildman–Crippen MR) is 193 cm³/mol. The third-order valence-corrected chi connectivity index (χ3v) is 13.0. The highest BCUT2D eigenvalue weighted by molar-refractivity contribution is 8.07. The molecular weight excluding hydrogens is 821 g/mol. The van der Waals surface area contributed by atoms with Gasteiger partial charge >= 0.3 is 25.8 Å². The lowest BCUT2D eigenvalue weighted by Crippen LogP contribution is -2.08. The molecule has 0 fully saturated rings. The fourth-order valence-electron chi connectivity index (χ4n) is 2.92. The van der Waals surface area contributed by atoms with Gasteiger partial charge in [-0.2, -0.15) is 19.9 Å². The van der Waals surface area contributed by atoms with Gasteiger partial charge in [0.25, 0.3) is 0 Å². The number of nitrogens with zero attached hydrogens (tertiary/aromatic N) is 6. The molecule has 0 N–H and O–H groups in total. The Balaban J connectivity index is 1.85. The van der Waals surface area contributed by atoms with Gasteiger partial charge in [0.1, 0.15) is 17.2 Å². The first kappa shape index (κ1) is 39.6. The van der Waals surface area contributed by atoms with E-state index < -0.39 is 25.8 Å². The molecule has 0 heterocycles. The van der Waals surface area contributed by atoms with Crippen LogP contribution in [0.4, 0.5) is 0 Å². The van der Waals surface area contributed by atoms with Crippen molar-refractivity contribution >= 4 is 112 Å². The minimum absolute atomic E-state index is 0.107. The first-order valence-corrected chi connectivity index (χ1v) is 24.4. The van der Waals surface area contributed by atoms with Crippen LogP contribution in [0.5, 0.6) is 17.2 Å². The molecule has 254 valence electrons. The molecule has 0 atom stereocenters. The van der Waals surface area contributed by atoms with Crippen LogP contribution in [0.3, 0.4) is 0 Å². The topological polar surface area (TPSA) is 143 Å². The van der Waals surface area contributed by atoms with E-state index in [1.54, 1.807) is 36.4 Å². The second kappa shape index (κ2) is 16.7. The highest BCUT2D eigenvalue weighted by Crippen LogP contribution is 2.60. The van der Waals surface area contributed by atoms with E-state index >= 15 is 0 Å². The van der Waals surface area contributed by atoms with E-state index in [1.165, 1.54) is 76.2 Å². The SMILES string of the molecule is CN(/N=C/c1ccc(OP(=O)(Oc2ccc(/C=N/N(C)P(=O)(Cl)Cl)cc2)Oc2ccc(/C=N/N(C)P(=O)(Cl)Cl)cc2)cc1)P(=O)(Cl)Cl. The van der Waals surface area contributed by atoms with Crippen LogP contribution in [0.2, 0.25) is 0 Å². The van der Waals surface area contributed by atoms with E-state index in [1.807, 2.05) is 0 Å². The van der Waals surface area contributed by atoms with E-state index in [4.69, 9.17) is 81.0 Å². The fraction of sp³-hybridized carbons (Fsp3) is 0.125. The van der Waals surface area contributed by atoms with Gasteiger partial charge in [0, 0.05) is 21.1 Å². The number of benzene rings is 3. The molecule has 47 heavy (non-hydrogen) atoms. The molecule has 0 bridgehead atoms. The number of hydrazone groups is 3. The molecule has 0 aliphatic carbocycles. The Morgan fingerprint density at radius 1 is 0.468 bits per heavy atom. The molecular formula is C24H24Cl6N6O7P4. The number of phosphoric acid groups is 1. The summed E-state index contributed by atoms with van der Waals surface area (Å²) < 4.78 is 69.0. The molecule has 3 aromatic carbocycles. The lowest BCUT2D eigenvalue weighted by atomic mass is 10.2. The van der Waals surface area contributed by atoms with Crippen molar-refractivity contribution in [3.8, 4) is 17.2 Å². The lowest BCUT2D eigenvalue weighted by Gasteiger charge is -2.20. The minimum atomic E-state index is -4.43. The van der Waals surface area contributed by atoms with Gasteiger partial charge in [0.15, 0.2) is 0 Å². The molecule has 13 nitrogen and oxygen atoms in total. The van der Waals surface area contributed by atoms with Crippen molar-refractivity contribution in [3.05, 3.63) is 89.5 Å². The second-order valence-corrected chi connectivity index (χ2v) is 24.5. The van der Waals surface area contributed by atoms with Crippen molar-refractivity contribution in [1.82, 2.24) is 14.3 Å². The predicted octanol–water partition coefficient (Wildman–Crippen LogP) is 10.9. The van der Waals surface area contributed by atoms with Crippen molar-refractivity contribution in [2.24, 2.45) is 15.3 Å². The number of hydrogen-bond acceptors (Lipinski definition) is 10. The number of hydrogen-bond donors (Lipinski definition) is 0. The van der Waals surface area contributed by atoms with Crippen molar-refractivity contribution in [2.75, 3.05) is 21.1 Å². The Hall–Kier alpha value is -1.87. The van der Waals surface area contributed by atoms with E-state index in [9.17, 15) is 18.3 Å². The summed E-state index contributed by atoms with van der Waals surface area (Å²) in [7, 11) is -0.374. The molecule has 3 aromatic rings. The summed E-state index contributed by atoms with van der Waals surface area (Å²) in [4.78, 5) is 0. The van der Waals surface area contributed by atoms with E-state index in [-0.39, 0.29) is 17.2 Å². The van der Waals surface area contributed by atoms with Gasteiger partial charge in [-0.1, -0.05) is 0 Å². The number of phosphoric ester groups is 1. The highest BCUT2D eigenvalue weighted by Gasteiger charge is 2.33. The highest BCUT2D eigenvalue weighted by atomic mass is 35.9. The summed E-state index contributed by atoms with van der Waals surface area (Å²) >= 11 is 33.5.